The van der Waals surface area contributed by atoms with Gasteiger partial charge >= 0.3 is 0 Å². The van der Waals surface area contributed by atoms with Crippen molar-refractivity contribution < 1.29 is 4.39 Å². The molecule has 0 aromatic heterocycles. The lowest BCUT2D eigenvalue weighted by Crippen LogP contribution is -2.03. The Hall–Kier alpha value is 0.220. The SMILES string of the molecule is F[C@@]1(Cl)CC12CCCC2. The Balaban J connectivity index is 2.13. The number of halogens is 2. The van der Waals surface area contributed by atoms with Crippen LogP contribution >= 0.6 is 11.6 Å². The van der Waals surface area contributed by atoms with Gasteiger partial charge in [0.1, 0.15) is 0 Å². The first-order valence-corrected chi connectivity index (χ1v) is 3.92. The van der Waals surface area contributed by atoms with E-state index >= 15 is 0 Å². The molecule has 2 rings (SSSR count). The van der Waals surface area contributed by atoms with E-state index in [0.717, 1.165) is 12.8 Å². The highest BCUT2D eigenvalue weighted by atomic mass is 35.5. The van der Waals surface area contributed by atoms with Crippen LogP contribution in [0.25, 0.3) is 0 Å². The van der Waals surface area contributed by atoms with E-state index in [1.165, 1.54) is 12.8 Å². The summed E-state index contributed by atoms with van der Waals surface area (Å²) in [6.45, 7) is 0. The van der Waals surface area contributed by atoms with E-state index in [2.05, 4.69) is 0 Å². The van der Waals surface area contributed by atoms with Gasteiger partial charge in [-0.3, -0.25) is 0 Å². The van der Waals surface area contributed by atoms with Crippen molar-refractivity contribution in [1.29, 1.82) is 0 Å². The van der Waals surface area contributed by atoms with Crippen molar-refractivity contribution >= 4 is 11.6 Å². The Morgan fingerprint density at radius 1 is 1.22 bits per heavy atom. The molecule has 0 radical (unpaired) electrons. The Morgan fingerprint density at radius 3 is 1.89 bits per heavy atom. The molecule has 1 spiro atoms. The molecule has 0 aromatic carbocycles. The third kappa shape index (κ3) is 0.644. The molecule has 1 atom stereocenters. The fourth-order valence-corrected chi connectivity index (χ4v) is 2.42. The smallest absolute Gasteiger partial charge is 0.190 e. The minimum atomic E-state index is -1.30. The summed E-state index contributed by atoms with van der Waals surface area (Å²) < 4.78 is 12.9. The van der Waals surface area contributed by atoms with E-state index in [4.69, 9.17) is 11.6 Å². The van der Waals surface area contributed by atoms with Gasteiger partial charge in [0.2, 0.25) is 0 Å². The molecule has 0 saturated heterocycles. The molecule has 0 N–H and O–H groups in total. The third-order valence-corrected chi connectivity index (χ3v) is 3.31. The van der Waals surface area contributed by atoms with Gasteiger partial charge in [-0.15, -0.1) is 0 Å². The van der Waals surface area contributed by atoms with Crippen LogP contribution in [0, 0.1) is 5.41 Å². The second kappa shape index (κ2) is 1.45. The Labute approximate surface area is 59.4 Å². The van der Waals surface area contributed by atoms with Gasteiger partial charge in [-0.05, 0) is 12.8 Å². The second-order valence-electron chi connectivity index (χ2n) is 3.37. The van der Waals surface area contributed by atoms with Crippen molar-refractivity contribution in [3.8, 4) is 0 Å². The largest absolute Gasteiger partial charge is 0.226 e. The second-order valence-corrected chi connectivity index (χ2v) is 3.97. The number of alkyl halides is 2. The summed E-state index contributed by atoms with van der Waals surface area (Å²) in [6, 6.07) is 0. The Bertz CT molecular complexity index is 130. The summed E-state index contributed by atoms with van der Waals surface area (Å²) >= 11 is 5.54. The minimum absolute atomic E-state index is 0.0610. The van der Waals surface area contributed by atoms with Crippen molar-refractivity contribution in [1.82, 2.24) is 0 Å². The highest BCUT2D eigenvalue weighted by Crippen LogP contribution is 2.69. The van der Waals surface area contributed by atoms with Gasteiger partial charge in [0.05, 0.1) is 0 Å². The number of hydrogen-bond acceptors (Lipinski definition) is 0. The average molecular weight is 149 g/mol. The van der Waals surface area contributed by atoms with Crippen LogP contribution in [0.1, 0.15) is 32.1 Å². The van der Waals surface area contributed by atoms with Crippen LogP contribution in [-0.4, -0.2) is 5.13 Å². The summed E-state index contributed by atoms with van der Waals surface area (Å²) in [4.78, 5) is 0. The van der Waals surface area contributed by atoms with Crippen LogP contribution < -0.4 is 0 Å². The lowest BCUT2D eigenvalue weighted by atomic mass is 10.1. The van der Waals surface area contributed by atoms with E-state index in [1.54, 1.807) is 0 Å². The zero-order valence-corrected chi connectivity index (χ0v) is 6.05. The molecule has 0 bridgehead atoms. The molecular weight excluding hydrogens is 139 g/mol. The van der Waals surface area contributed by atoms with Crippen molar-refractivity contribution in [3.63, 3.8) is 0 Å². The highest BCUT2D eigenvalue weighted by molar-refractivity contribution is 6.25. The van der Waals surface area contributed by atoms with Crippen molar-refractivity contribution in [2.75, 3.05) is 0 Å². The first-order valence-electron chi connectivity index (χ1n) is 3.54. The molecule has 2 aliphatic rings. The van der Waals surface area contributed by atoms with E-state index in [1.807, 2.05) is 0 Å². The summed E-state index contributed by atoms with van der Waals surface area (Å²) in [5.74, 6) is 0. The fourth-order valence-electron chi connectivity index (χ4n) is 1.98. The van der Waals surface area contributed by atoms with Gasteiger partial charge in [0.15, 0.2) is 5.13 Å². The van der Waals surface area contributed by atoms with Crippen molar-refractivity contribution in [3.05, 3.63) is 0 Å². The van der Waals surface area contributed by atoms with Crippen LogP contribution in [0.3, 0.4) is 0 Å². The lowest BCUT2D eigenvalue weighted by molar-refractivity contribution is 0.321. The first kappa shape index (κ1) is 5.96. The normalized spacial score (nSPS) is 46.0. The zero-order chi connectivity index (χ0) is 6.54. The molecule has 2 aliphatic carbocycles. The van der Waals surface area contributed by atoms with Gasteiger partial charge in [-0.1, -0.05) is 24.4 Å². The lowest BCUT2D eigenvalue weighted by Gasteiger charge is -2.04. The predicted octanol–water partition coefficient (Wildman–Crippen LogP) is 2.86. The standard InChI is InChI=1S/C7H10ClF/c8-7(9)5-6(7)3-1-2-4-6/h1-5H2/t7-/m0/s1. The maximum absolute atomic E-state index is 12.9. The summed E-state index contributed by atoms with van der Waals surface area (Å²) in [5.41, 5.74) is -0.0610. The maximum Gasteiger partial charge on any atom is 0.190 e. The van der Waals surface area contributed by atoms with Crippen LogP contribution in [0.2, 0.25) is 0 Å². The molecule has 2 heteroatoms. The minimum Gasteiger partial charge on any atom is -0.226 e. The summed E-state index contributed by atoms with van der Waals surface area (Å²) in [5, 5.41) is -1.30. The maximum atomic E-state index is 12.9. The Morgan fingerprint density at radius 2 is 1.67 bits per heavy atom. The average Bonchev–Trinajstić information content (AvgIpc) is 2.27. The van der Waals surface area contributed by atoms with E-state index in [0.29, 0.717) is 6.42 Å². The molecule has 2 fully saturated rings. The van der Waals surface area contributed by atoms with Crippen LogP contribution in [0.4, 0.5) is 4.39 Å². The molecule has 2 saturated carbocycles. The molecule has 9 heavy (non-hydrogen) atoms. The van der Waals surface area contributed by atoms with Crippen LogP contribution in [0.5, 0.6) is 0 Å². The van der Waals surface area contributed by atoms with E-state index < -0.39 is 5.13 Å². The molecular formula is C7H10ClF. The van der Waals surface area contributed by atoms with Crippen molar-refractivity contribution in [2.24, 2.45) is 5.41 Å². The highest BCUT2D eigenvalue weighted by Gasteiger charge is 2.68. The van der Waals surface area contributed by atoms with Gasteiger partial charge in [-0.2, -0.15) is 0 Å². The first-order chi connectivity index (χ1) is 4.16. The monoisotopic (exact) mass is 148 g/mol. The fraction of sp³-hybridized carbons (Fsp3) is 1.00. The third-order valence-electron chi connectivity index (χ3n) is 2.77. The molecule has 0 amide bonds. The zero-order valence-electron chi connectivity index (χ0n) is 5.29. The van der Waals surface area contributed by atoms with Crippen LogP contribution in [0.15, 0.2) is 0 Å². The molecule has 0 aromatic rings. The van der Waals surface area contributed by atoms with Crippen molar-refractivity contribution in [2.45, 2.75) is 37.2 Å². The molecule has 0 nitrogen and oxygen atoms in total. The Kier molecular flexibility index (Phi) is 0.958. The molecule has 0 unspecified atom stereocenters. The topological polar surface area (TPSA) is 0 Å². The predicted molar refractivity (Wildman–Crippen MR) is 35.2 cm³/mol. The molecule has 52 valence electrons. The van der Waals surface area contributed by atoms with Crippen LogP contribution in [-0.2, 0) is 0 Å². The quantitative estimate of drug-likeness (QED) is 0.464. The summed E-state index contributed by atoms with van der Waals surface area (Å²) in [7, 11) is 0. The van der Waals surface area contributed by atoms with Gasteiger partial charge in [-0.25, -0.2) is 4.39 Å². The molecule has 0 heterocycles. The molecule has 0 aliphatic heterocycles. The van der Waals surface area contributed by atoms with E-state index in [-0.39, 0.29) is 5.41 Å². The van der Waals surface area contributed by atoms with Gasteiger partial charge in [0, 0.05) is 11.8 Å². The number of hydrogen-bond donors (Lipinski definition) is 0. The van der Waals surface area contributed by atoms with Gasteiger partial charge in [0.25, 0.3) is 0 Å². The summed E-state index contributed by atoms with van der Waals surface area (Å²) in [6.07, 6.45) is 5.01. The van der Waals surface area contributed by atoms with Gasteiger partial charge < -0.3 is 0 Å². The van der Waals surface area contributed by atoms with E-state index in [9.17, 15) is 4.39 Å². The number of rotatable bonds is 0.